The molecule has 0 saturated carbocycles. The van der Waals surface area contributed by atoms with E-state index in [0.717, 1.165) is 6.41 Å². The maximum atomic E-state index is 10.8. The molecule has 0 aromatic rings. The summed E-state index contributed by atoms with van der Waals surface area (Å²) in [4.78, 5) is 10.8. The Morgan fingerprint density at radius 3 is 1.94 bits per heavy atom. The molecule has 1 N–H and O–H groups in total. The molecule has 0 aromatic carbocycles. The first-order chi connectivity index (χ1) is 7.41. The minimum Gasteiger partial charge on any atom is -1.00 e. The van der Waals surface area contributed by atoms with E-state index < -0.39 is 24.0 Å². The fraction of sp³-hybridized carbons (Fsp3) is 0.583. The van der Waals surface area contributed by atoms with Gasteiger partial charge in [-0.1, -0.05) is 0 Å². The van der Waals surface area contributed by atoms with Crippen LogP contribution in [0.4, 0.5) is 0 Å². The summed E-state index contributed by atoms with van der Waals surface area (Å²) < 4.78 is 4.80. The van der Waals surface area contributed by atoms with Gasteiger partial charge in [-0.2, -0.15) is 0 Å². The average molecular weight is 343 g/mol. The van der Waals surface area contributed by atoms with Gasteiger partial charge in [0.25, 0.3) is 0 Å². The number of rotatable bonds is 4. The van der Waals surface area contributed by atoms with E-state index in [1.54, 1.807) is 3.88 Å². The molecule has 0 heterocycles. The van der Waals surface area contributed by atoms with Crippen LogP contribution in [0.15, 0.2) is 20.6 Å². The first-order valence-corrected chi connectivity index (χ1v) is 13.0. The summed E-state index contributed by atoms with van der Waals surface area (Å²) in [5.74, 6) is 0.567. The Kier molecular flexibility index (Phi) is 9.92. The van der Waals surface area contributed by atoms with Crippen LogP contribution >= 0.6 is 0 Å². The van der Waals surface area contributed by atoms with E-state index in [1.807, 2.05) is 0 Å². The van der Waals surface area contributed by atoms with Gasteiger partial charge in [-0.3, -0.25) is 0 Å². The predicted octanol–water partition coefficient (Wildman–Crippen LogP) is -3.48. The van der Waals surface area contributed by atoms with E-state index in [1.165, 1.54) is 16.7 Å². The molecule has 1 rings (SSSR count). The quantitative estimate of drug-likeness (QED) is 0.417. The molecule has 0 fully saturated rings. The number of amides is 1. The zero-order valence-electron chi connectivity index (χ0n) is 11.9. The van der Waals surface area contributed by atoms with Gasteiger partial charge in [0.1, 0.15) is 0 Å². The summed E-state index contributed by atoms with van der Waals surface area (Å²) in [6.07, 6.45) is 0.929. The van der Waals surface area contributed by atoms with Crippen molar-refractivity contribution < 1.29 is 47.0 Å². The number of allylic oxidation sites excluding steroid dienone is 4. The van der Waals surface area contributed by atoms with Crippen molar-refractivity contribution in [1.82, 2.24) is 3.80 Å². The minimum atomic E-state index is -1.49. The van der Waals surface area contributed by atoms with E-state index in [-0.39, 0.29) is 24.8 Å². The maximum Gasteiger partial charge on any atom is -1.00 e. The molecular weight excluding hydrogens is 321 g/mol. The third-order valence-electron chi connectivity index (χ3n) is 3.72. The first-order valence-electron chi connectivity index (χ1n) is 5.87. The SMILES string of the molecule is CC1=C(C)C(C)[C]([Ti+2]([NH]C=O)[SiH](C)C)=C1C.[Cl-].[Cl-]. The summed E-state index contributed by atoms with van der Waals surface area (Å²) in [7, 11) is 0. The van der Waals surface area contributed by atoms with Crippen molar-refractivity contribution in [3.63, 3.8) is 0 Å². The van der Waals surface area contributed by atoms with E-state index >= 15 is 0 Å². The second-order valence-electron chi connectivity index (χ2n) is 4.90. The van der Waals surface area contributed by atoms with Gasteiger partial charge < -0.3 is 24.8 Å². The third-order valence-corrected chi connectivity index (χ3v) is 15.1. The Hall–Kier alpha value is 0.461. The number of hydrogen-bond donors (Lipinski definition) is 1. The summed E-state index contributed by atoms with van der Waals surface area (Å²) in [6, 6.07) is 0. The topological polar surface area (TPSA) is 29.1 Å². The Balaban J connectivity index is 0. The molecule has 103 valence electrons. The van der Waals surface area contributed by atoms with Crippen molar-refractivity contribution in [2.24, 2.45) is 5.92 Å². The van der Waals surface area contributed by atoms with Gasteiger partial charge in [0.2, 0.25) is 0 Å². The molecule has 18 heavy (non-hydrogen) atoms. The van der Waals surface area contributed by atoms with Crippen LogP contribution in [0.1, 0.15) is 27.7 Å². The molecular formula is C12H22Cl2NOSiTi. The molecule has 1 amide bonds. The predicted molar refractivity (Wildman–Crippen MR) is 68.3 cm³/mol. The molecule has 0 radical (unpaired) electrons. The smallest absolute Gasteiger partial charge is 1.00 e. The van der Waals surface area contributed by atoms with Crippen molar-refractivity contribution in [1.29, 1.82) is 0 Å². The van der Waals surface area contributed by atoms with Gasteiger partial charge in [-0.15, -0.1) is 0 Å². The van der Waals surface area contributed by atoms with Crippen LogP contribution in [0.5, 0.6) is 0 Å². The van der Waals surface area contributed by atoms with Crippen LogP contribution in [0.25, 0.3) is 0 Å². The van der Waals surface area contributed by atoms with Crippen LogP contribution in [0, 0.1) is 5.92 Å². The zero-order valence-corrected chi connectivity index (χ0v) is 16.1. The molecule has 0 bridgehead atoms. The molecule has 1 atom stereocenters. The Bertz CT molecular complexity index is 369. The fourth-order valence-electron chi connectivity index (χ4n) is 2.42. The van der Waals surface area contributed by atoms with Crippen LogP contribution in [0.3, 0.4) is 0 Å². The monoisotopic (exact) mass is 342 g/mol. The number of hydrogen-bond acceptors (Lipinski definition) is 1. The number of nitrogens with one attached hydrogen (secondary N) is 1. The summed E-state index contributed by atoms with van der Waals surface area (Å²) in [5, 5.41) is 0. The molecule has 6 heteroatoms. The van der Waals surface area contributed by atoms with Crippen molar-refractivity contribution in [2.45, 2.75) is 40.8 Å². The van der Waals surface area contributed by atoms with Crippen molar-refractivity contribution in [2.75, 3.05) is 0 Å². The van der Waals surface area contributed by atoms with E-state index in [9.17, 15) is 4.79 Å². The molecule has 1 aliphatic rings. The summed E-state index contributed by atoms with van der Waals surface area (Å²) in [6.45, 7) is 12.9. The minimum absolute atomic E-state index is 0. The fourth-order valence-corrected chi connectivity index (χ4v) is 12.5. The van der Waals surface area contributed by atoms with E-state index in [0.29, 0.717) is 5.92 Å². The molecule has 1 aliphatic carbocycles. The van der Waals surface area contributed by atoms with Crippen molar-refractivity contribution in [3.8, 4) is 0 Å². The molecule has 1 unspecified atom stereocenters. The van der Waals surface area contributed by atoms with Crippen LogP contribution < -0.4 is 28.6 Å². The zero-order chi connectivity index (χ0) is 12.5. The number of carbonyl (C=O) groups is 1. The standard InChI is InChI=1S/C9H13.C2H7Si.CH3NO.2ClH.Ti/c1-6-5-7(2)9(4)8(6)3;1-3-2;2-1-3;;;/h6H,1-4H3;3H,1-2H3;1H,(H2,2,3);2*1H;/q;;;;;+3/p-3. The van der Waals surface area contributed by atoms with Gasteiger partial charge in [0.15, 0.2) is 0 Å². The van der Waals surface area contributed by atoms with E-state index in [2.05, 4.69) is 44.6 Å². The molecule has 0 aliphatic heterocycles. The van der Waals surface area contributed by atoms with Crippen molar-refractivity contribution >= 4 is 13.1 Å². The second kappa shape index (κ2) is 8.60. The van der Waals surface area contributed by atoms with Gasteiger partial charge in [0, 0.05) is 0 Å². The second-order valence-corrected chi connectivity index (χ2v) is 17.6. The van der Waals surface area contributed by atoms with Gasteiger partial charge in [-0.05, 0) is 0 Å². The summed E-state index contributed by atoms with van der Waals surface area (Å²) in [5.41, 5.74) is 4.42. The van der Waals surface area contributed by atoms with Crippen LogP contribution in [-0.2, 0) is 22.2 Å². The van der Waals surface area contributed by atoms with Gasteiger partial charge in [-0.25, -0.2) is 0 Å². The molecule has 2 nitrogen and oxygen atoms in total. The van der Waals surface area contributed by atoms with E-state index in [4.69, 9.17) is 0 Å². The third kappa shape index (κ3) is 3.98. The number of halogens is 2. The van der Waals surface area contributed by atoms with Crippen molar-refractivity contribution in [3.05, 3.63) is 20.6 Å². The Morgan fingerprint density at radius 2 is 1.67 bits per heavy atom. The molecule has 0 saturated heterocycles. The van der Waals surface area contributed by atoms with Crippen LogP contribution in [-0.4, -0.2) is 13.1 Å². The Labute approximate surface area is 130 Å². The molecule has 0 aromatic heterocycles. The average Bonchev–Trinajstić information content (AvgIpc) is 2.41. The Morgan fingerprint density at radius 1 is 1.17 bits per heavy atom. The number of carbonyl (C=O) groups excluding carboxylic acids is 1. The largest absolute Gasteiger partial charge is 1.00 e. The molecule has 0 spiro atoms. The summed E-state index contributed by atoms with van der Waals surface area (Å²) >= 11 is -1.49. The normalized spacial score (nSPS) is 18.5. The van der Waals surface area contributed by atoms with Gasteiger partial charge >= 0.3 is 106 Å². The first kappa shape index (κ1) is 20.8. The van der Waals surface area contributed by atoms with Crippen LogP contribution in [0.2, 0.25) is 13.1 Å². The maximum absolute atomic E-state index is 10.8. The van der Waals surface area contributed by atoms with Gasteiger partial charge in [0.05, 0.1) is 0 Å².